The molecule has 2 heterocycles. The Hall–Kier alpha value is -4.38. The Bertz CT molecular complexity index is 1610. The number of pyridine rings is 1. The van der Waals surface area contributed by atoms with Crippen molar-refractivity contribution in [3.05, 3.63) is 72.4 Å². The number of benzene rings is 3. The van der Waals surface area contributed by atoms with Gasteiger partial charge in [0.25, 0.3) is 5.92 Å². The van der Waals surface area contributed by atoms with E-state index in [1.54, 1.807) is 18.3 Å². The first kappa shape index (κ1) is 25.3. The highest BCUT2D eigenvalue weighted by Gasteiger charge is 2.47. The molecule has 6 nitrogen and oxygen atoms in total. The number of nitrogens with zero attached hydrogens (tertiary/aromatic N) is 4. The van der Waals surface area contributed by atoms with Crippen LogP contribution in [0.2, 0.25) is 0 Å². The van der Waals surface area contributed by atoms with E-state index >= 15 is 0 Å². The van der Waals surface area contributed by atoms with E-state index in [1.165, 1.54) is 0 Å². The van der Waals surface area contributed by atoms with Crippen LogP contribution in [0.1, 0.15) is 29.6 Å². The van der Waals surface area contributed by atoms with Crippen molar-refractivity contribution in [2.24, 2.45) is 0 Å². The fraction of sp³-hybridized carbons (Fsp3) is 0.267. The predicted molar refractivity (Wildman–Crippen MR) is 143 cm³/mol. The molecule has 5 rings (SSSR count). The van der Waals surface area contributed by atoms with E-state index in [1.807, 2.05) is 38.4 Å². The lowest BCUT2D eigenvalue weighted by molar-refractivity contribution is -0.132. The molecule has 0 aliphatic carbocycles. The van der Waals surface area contributed by atoms with E-state index < -0.39 is 30.8 Å². The summed E-state index contributed by atoms with van der Waals surface area (Å²) in [6.45, 7) is -0.790. The van der Waals surface area contributed by atoms with Gasteiger partial charge in [0.15, 0.2) is 5.78 Å². The average Bonchev–Trinajstić information content (AvgIpc) is 3.24. The first-order chi connectivity index (χ1) is 18.1. The summed E-state index contributed by atoms with van der Waals surface area (Å²) < 4.78 is 27.4. The van der Waals surface area contributed by atoms with Gasteiger partial charge in [0.2, 0.25) is 5.91 Å². The minimum absolute atomic E-state index is 0.146. The van der Waals surface area contributed by atoms with Gasteiger partial charge >= 0.3 is 0 Å². The molecule has 192 valence electrons. The first-order valence-corrected chi connectivity index (χ1v) is 12.4. The molecular weight excluding hydrogens is 486 g/mol. The molecule has 1 fully saturated rings. The van der Waals surface area contributed by atoms with Crippen LogP contribution >= 0.6 is 0 Å². The number of carbonyl (C=O) groups is 2. The van der Waals surface area contributed by atoms with Crippen molar-refractivity contribution in [1.82, 2.24) is 9.88 Å². The van der Waals surface area contributed by atoms with Gasteiger partial charge in [-0.15, -0.1) is 0 Å². The van der Waals surface area contributed by atoms with Gasteiger partial charge in [-0.25, -0.2) is 8.78 Å². The van der Waals surface area contributed by atoms with Crippen LogP contribution in [0.15, 0.2) is 66.9 Å². The number of likely N-dealkylation sites (tertiary alicyclic amines) is 1. The third-order valence-corrected chi connectivity index (χ3v) is 7.02. The Morgan fingerprint density at radius 1 is 1.03 bits per heavy atom. The van der Waals surface area contributed by atoms with Crippen molar-refractivity contribution in [2.45, 2.75) is 31.2 Å². The van der Waals surface area contributed by atoms with Gasteiger partial charge in [-0.1, -0.05) is 24.3 Å². The Morgan fingerprint density at radius 3 is 2.50 bits per heavy atom. The van der Waals surface area contributed by atoms with Crippen molar-refractivity contribution < 1.29 is 18.4 Å². The van der Waals surface area contributed by atoms with E-state index in [0.29, 0.717) is 16.5 Å². The number of halogens is 2. The molecule has 8 heteroatoms. The van der Waals surface area contributed by atoms with Crippen LogP contribution in [0.3, 0.4) is 0 Å². The largest absolute Gasteiger partial charge is 0.378 e. The summed E-state index contributed by atoms with van der Waals surface area (Å²) in [7, 11) is 4.00. The van der Waals surface area contributed by atoms with E-state index in [-0.39, 0.29) is 18.6 Å². The Morgan fingerprint density at radius 2 is 1.74 bits per heavy atom. The molecule has 1 aromatic heterocycles. The fourth-order valence-corrected chi connectivity index (χ4v) is 4.95. The number of fused-ring (bicyclic) bond motifs is 2. The third-order valence-electron chi connectivity index (χ3n) is 7.02. The molecule has 0 saturated carbocycles. The van der Waals surface area contributed by atoms with Crippen LogP contribution in [0, 0.1) is 11.3 Å². The number of alkyl halides is 2. The van der Waals surface area contributed by atoms with Crippen molar-refractivity contribution in [1.29, 1.82) is 5.26 Å². The lowest BCUT2D eigenvalue weighted by Gasteiger charge is -2.18. The van der Waals surface area contributed by atoms with Gasteiger partial charge in [0, 0.05) is 56.2 Å². The second-order valence-electron chi connectivity index (χ2n) is 9.88. The zero-order valence-corrected chi connectivity index (χ0v) is 21.1. The summed E-state index contributed by atoms with van der Waals surface area (Å²) in [5.41, 5.74) is 4.10. The van der Waals surface area contributed by atoms with Gasteiger partial charge in [0.1, 0.15) is 6.04 Å². The quantitative estimate of drug-likeness (QED) is 0.303. The molecule has 1 aliphatic heterocycles. The predicted octanol–water partition coefficient (Wildman–Crippen LogP) is 5.84. The van der Waals surface area contributed by atoms with Crippen LogP contribution in [0.4, 0.5) is 14.5 Å². The Labute approximate surface area is 219 Å². The third kappa shape index (κ3) is 4.92. The molecule has 1 aliphatic rings. The van der Waals surface area contributed by atoms with Crippen LogP contribution in [0.25, 0.3) is 32.8 Å². The number of hydrogen-bond acceptors (Lipinski definition) is 5. The fourth-order valence-electron chi connectivity index (χ4n) is 4.95. The van der Waals surface area contributed by atoms with Crippen LogP contribution in [-0.4, -0.2) is 54.2 Å². The van der Waals surface area contributed by atoms with E-state index in [2.05, 4.69) is 40.2 Å². The van der Waals surface area contributed by atoms with Gasteiger partial charge < -0.3 is 9.80 Å². The van der Waals surface area contributed by atoms with Gasteiger partial charge in [-0.05, 0) is 58.3 Å². The summed E-state index contributed by atoms with van der Waals surface area (Å²) >= 11 is 0. The van der Waals surface area contributed by atoms with E-state index in [9.17, 15) is 18.4 Å². The molecule has 1 saturated heterocycles. The van der Waals surface area contributed by atoms with E-state index in [4.69, 9.17) is 5.26 Å². The topological polar surface area (TPSA) is 77.3 Å². The van der Waals surface area contributed by atoms with Gasteiger partial charge in [0.05, 0.1) is 18.1 Å². The smallest absolute Gasteiger partial charge is 0.268 e. The number of anilines is 1. The van der Waals surface area contributed by atoms with Crippen LogP contribution in [-0.2, 0) is 4.79 Å². The number of rotatable bonds is 6. The maximum absolute atomic E-state index is 13.7. The normalized spacial score (nSPS) is 16.5. The lowest BCUT2D eigenvalue weighted by atomic mass is 9.96. The summed E-state index contributed by atoms with van der Waals surface area (Å²) in [5, 5.41) is 12.0. The molecule has 0 bridgehead atoms. The number of amides is 1. The van der Waals surface area contributed by atoms with Crippen LogP contribution < -0.4 is 4.90 Å². The summed E-state index contributed by atoms with van der Waals surface area (Å²) in [5.74, 6) is -3.98. The lowest BCUT2D eigenvalue weighted by Crippen LogP contribution is -2.36. The molecular formula is C30H26F2N4O2. The highest BCUT2D eigenvalue weighted by atomic mass is 19.3. The molecule has 0 radical (unpaired) electrons. The Kier molecular flexibility index (Phi) is 6.53. The molecule has 4 aromatic rings. The van der Waals surface area contributed by atoms with Gasteiger partial charge in [-0.3, -0.25) is 14.6 Å². The number of aromatic nitrogens is 1. The number of hydrogen-bond donors (Lipinski definition) is 0. The zero-order chi connectivity index (χ0) is 27.0. The molecule has 0 spiro atoms. The molecule has 1 amide bonds. The number of nitriles is 1. The number of carbonyl (C=O) groups excluding carboxylic acids is 2. The van der Waals surface area contributed by atoms with Crippen LogP contribution in [0.5, 0.6) is 0 Å². The van der Waals surface area contributed by atoms with Crippen molar-refractivity contribution >= 4 is 39.1 Å². The van der Waals surface area contributed by atoms with E-state index in [0.717, 1.165) is 32.5 Å². The zero-order valence-electron chi connectivity index (χ0n) is 21.1. The van der Waals surface area contributed by atoms with Crippen molar-refractivity contribution in [2.75, 3.05) is 25.5 Å². The first-order valence-electron chi connectivity index (χ1n) is 12.4. The molecule has 0 unspecified atom stereocenters. The van der Waals surface area contributed by atoms with Crippen molar-refractivity contribution in [3.63, 3.8) is 0 Å². The molecule has 3 aromatic carbocycles. The monoisotopic (exact) mass is 512 g/mol. The molecule has 0 N–H and O–H groups in total. The Balaban J connectivity index is 1.39. The highest BCUT2D eigenvalue weighted by Crippen LogP contribution is 2.33. The highest BCUT2D eigenvalue weighted by molar-refractivity contribution is 6.09. The minimum Gasteiger partial charge on any atom is -0.378 e. The number of ketones is 1. The summed E-state index contributed by atoms with van der Waals surface area (Å²) in [6, 6.07) is 20.4. The second kappa shape index (κ2) is 9.82. The second-order valence-corrected chi connectivity index (χ2v) is 9.88. The molecule has 38 heavy (non-hydrogen) atoms. The van der Waals surface area contributed by atoms with Gasteiger partial charge in [-0.2, -0.15) is 5.26 Å². The summed E-state index contributed by atoms with van der Waals surface area (Å²) in [4.78, 5) is 33.0. The number of Topliss-reactive ketones (excluding diaryl/α,β-unsaturated/α-hetero) is 1. The molecule has 1 atom stereocenters. The minimum atomic E-state index is -3.09. The maximum Gasteiger partial charge on any atom is 0.268 e. The average molecular weight is 513 g/mol. The summed E-state index contributed by atoms with van der Waals surface area (Å²) in [6.07, 6.45) is 0.484. The standard InChI is InChI=1S/C30H26F2N4O2/c1-35(2)23-7-5-20-13-19(3-4-21(20)14-23)22-6-8-27-26(15-22)25(11-12-34-27)28(37)9-10-29(38)36-18-30(31,32)16-24(36)17-33/h3-8,11-15,24H,9-10,16,18H2,1-2H3/t24-/m0/s1. The van der Waals surface area contributed by atoms with Crippen molar-refractivity contribution in [3.8, 4) is 17.2 Å². The maximum atomic E-state index is 13.7. The SMILES string of the molecule is CN(C)c1ccc2cc(-c3ccc4nccc(C(=O)CCC(=O)N5CC(F)(F)C[C@H]5C#N)c4c3)ccc2c1.